The Morgan fingerprint density at radius 3 is 2.86 bits per heavy atom. The summed E-state index contributed by atoms with van der Waals surface area (Å²) in [5, 5.41) is 8.43. The Bertz CT molecular complexity index is 755. The Labute approximate surface area is 193 Å². The van der Waals surface area contributed by atoms with Crippen LogP contribution in [0.3, 0.4) is 0 Å². The van der Waals surface area contributed by atoms with Gasteiger partial charge in [-0.25, -0.2) is 0 Å². The lowest BCUT2D eigenvalue weighted by Crippen LogP contribution is -2.48. The van der Waals surface area contributed by atoms with Gasteiger partial charge in [-0.3, -0.25) is 9.67 Å². The molecule has 0 spiro atoms. The number of guanidine groups is 1. The molecule has 2 aromatic rings. The zero-order chi connectivity index (χ0) is 19.1. The van der Waals surface area contributed by atoms with E-state index in [-0.39, 0.29) is 30.1 Å². The predicted molar refractivity (Wildman–Crippen MR) is 127 cm³/mol. The zero-order valence-electron chi connectivity index (χ0n) is 16.2. The summed E-state index contributed by atoms with van der Waals surface area (Å²) in [4.78, 5) is 8.30. The second kappa shape index (κ2) is 11.9. The van der Waals surface area contributed by atoms with Gasteiger partial charge < -0.3 is 15.0 Å². The number of morpholine rings is 1. The molecule has 1 unspecified atom stereocenters. The molecule has 0 amide bonds. The number of aryl methyl sites for hydroxylation is 1. The average molecular weight is 536 g/mol. The fourth-order valence-corrected chi connectivity index (χ4v) is 3.79. The largest absolute Gasteiger partial charge is 0.370 e. The first-order valence-electron chi connectivity index (χ1n) is 9.17. The smallest absolute Gasteiger partial charge is 0.194 e. The molecule has 1 aromatic heterocycles. The SMILES string of the molecule is CCNC(=NCCSc1ccc(Cl)cc1)N1CCOC(c2cnn(C)c2)C1.I. The molecule has 1 aliphatic heterocycles. The van der Waals surface area contributed by atoms with Crippen molar-refractivity contribution < 1.29 is 4.74 Å². The first kappa shape index (κ1) is 23.3. The van der Waals surface area contributed by atoms with E-state index >= 15 is 0 Å². The summed E-state index contributed by atoms with van der Waals surface area (Å²) >= 11 is 7.72. The molecule has 0 aliphatic carbocycles. The van der Waals surface area contributed by atoms with Crippen LogP contribution >= 0.6 is 47.3 Å². The van der Waals surface area contributed by atoms with E-state index in [2.05, 4.69) is 22.2 Å². The summed E-state index contributed by atoms with van der Waals surface area (Å²) in [6.45, 7) is 6.00. The molecule has 1 fully saturated rings. The molecule has 1 atom stereocenters. The molecular formula is C19H27ClIN5OS. The van der Waals surface area contributed by atoms with Crippen LogP contribution in [-0.2, 0) is 11.8 Å². The summed E-state index contributed by atoms with van der Waals surface area (Å²) in [7, 11) is 1.92. The maximum Gasteiger partial charge on any atom is 0.194 e. The van der Waals surface area contributed by atoms with Crippen molar-refractivity contribution >= 4 is 53.3 Å². The van der Waals surface area contributed by atoms with Crippen molar-refractivity contribution in [2.75, 3.05) is 38.5 Å². The highest BCUT2D eigenvalue weighted by atomic mass is 127. The lowest BCUT2D eigenvalue weighted by molar-refractivity contribution is -0.00802. The molecule has 9 heteroatoms. The number of nitrogens with one attached hydrogen (secondary N) is 1. The quantitative estimate of drug-likeness (QED) is 0.200. The van der Waals surface area contributed by atoms with E-state index in [4.69, 9.17) is 21.3 Å². The Kier molecular flexibility index (Phi) is 9.90. The standard InChI is InChI=1S/C19H26ClN5OS.HI/c1-3-21-19(22-8-11-27-17-6-4-16(20)5-7-17)25-9-10-26-18(14-25)15-12-23-24(2)13-15;/h4-7,12-13,18H,3,8-11,14H2,1-2H3,(H,21,22);1H. The summed E-state index contributed by atoms with van der Waals surface area (Å²) in [6, 6.07) is 7.93. The molecule has 1 saturated heterocycles. The van der Waals surface area contributed by atoms with Crippen molar-refractivity contribution in [3.05, 3.63) is 47.2 Å². The fourth-order valence-electron chi connectivity index (χ4n) is 2.92. The molecule has 28 heavy (non-hydrogen) atoms. The minimum absolute atomic E-state index is 0. The van der Waals surface area contributed by atoms with Crippen LogP contribution in [0.2, 0.25) is 5.02 Å². The number of hydrogen-bond acceptors (Lipinski definition) is 4. The van der Waals surface area contributed by atoms with Crippen LogP contribution in [0, 0.1) is 0 Å². The Morgan fingerprint density at radius 1 is 1.39 bits per heavy atom. The lowest BCUT2D eigenvalue weighted by atomic mass is 10.1. The van der Waals surface area contributed by atoms with Gasteiger partial charge in [0.25, 0.3) is 0 Å². The van der Waals surface area contributed by atoms with Crippen LogP contribution in [0.5, 0.6) is 0 Å². The van der Waals surface area contributed by atoms with Gasteiger partial charge in [0.1, 0.15) is 6.10 Å². The first-order chi connectivity index (χ1) is 13.2. The van der Waals surface area contributed by atoms with Crippen LogP contribution in [0.1, 0.15) is 18.6 Å². The molecule has 154 valence electrons. The summed E-state index contributed by atoms with van der Waals surface area (Å²) in [5.41, 5.74) is 1.11. The highest BCUT2D eigenvalue weighted by Crippen LogP contribution is 2.22. The second-order valence-electron chi connectivity index (χ2n) is 6.29. The number of thioether (sulfide) groups is 1. The maximum atomic E-state index is 5.94. The molecule has 0 radical (unpaired) electrons. The highest BCUT2D eigenvalue weighted by Gasteiger charge is 2.25. The lowest BCUT2D eigenvalue weighted by Gasteiger charge is -2.34. The number of aromatic nitrogens is 2. The van der Waals surface area contributed by atoms with Gasteiger partial charge in [-0.15, -0.1) is 35.7 Å². The van der Waals surface area contributed by atoms with Crippen molar-refractivity contribution in [2.24, 2.45) is 12.0 Å². The number of ether oxygens (including phenoxy) is 1. The van der Waals surface area contributed by atoms with E-state index < -0.39 is 0 Å². The van der Waals surface area contributed by atoms with Crippen molar-refractivity contribution in [2.45, 2.75) is 17.9 Å². The van der Waals surface area contributed by atoms with E-state index in [1.165, 1.54) is 4.90 Å². The Hall–Kier alpha value is -0.970. The van der Waals surface area contributed by atoms with Gasteiger partial charge >= 0.3 is 0 Å². The van der Waals surface area contributed by atoms with Crippen molar-refractivity contribution in [3.63, 3.8) is 0 Å². The van der Waals surface area contributed by atoms with E-state index in [0.717, 1.165) is 48.5 Å². The fraction of sp³-hybridized carbons (Fsp3) is 0.474. The van der Waals surface area contributed by atoms with Crippen molar-refractivity contribution in [1.82, 2.24) is 20.0 Å². The Balaban J connectivity index is 0.00000280. The zero-order valence-corrected chi connectivity index (χ0v) is 20.1. The van der Waals surface area contributed by atoms with Crippen molar-refractivity contribution in [1.29, 1.82) is 0 Å². The van der Waals surface area contributed by atoms with Crippen LogP contribution in [0.15, 0.2) is 46.5 Å². The number of hydrogen-bond donors (Lipinski definition) is 1. The normalized spacial score (nSPS) is 17.3. The molecular weight excluding hydrogens is 509 g/mol. The topological polar surface area (TPSA) is 54.7 Å². The van der Waals surface area contributed by atoms with Gasteiger partial charge in [-0.05, 0) is 31.2 Å². The van der Waals surface area contributed by atoms with E-state index in [9.17, 15) is 0 Å². The van der Waals surface area contributed by atoms with Gasteiger partial charge in [0.15, 0.2) is 5.96 Å². The molecule has 1 N–H and O–H groups in total. The minimum Gasteiger partial charge on any atom is -0.370 e. The minimum atomic E-state index is 0. The summed E-state index contributed by atoms with van der Waals surface area (Å²) in [6.07, 6.45) is 3.92. The number of aliphatic imine (C=N–C) groups is 1. The third-order valence-electron chi connectivity index (χ3n) is 4.23. The van der Waals surface area contributed by atoms with Crippen LogP contribution in [0.4, 0.5) is 0 Å². The molecule has 6 nitrogen and oxygen atoms in total. The third-order valence-corrected chi connectivity index (χ3v) is 5.48. The number of nitrogens with zero attached hydrogens (tertiary/aromatic N) is 4. The van der Waals surface area contributed by atoms with Gasteiger partial charge in [0.05, 0.1) is 25.9 Å². The summed E-state index contributed by atoms with van der Waals surface area (Å²) in [5.74, 6) is 1.87. The molecule has 0 bridgehead atoms. The number of benzene rings is 1. The van der Waals surface area contributed by atoms with Gasteiger partial charge in [0.2, 0.25) is 0 Å². The molecule has 1 aromatic carbocycles. The van der Waals surface area contributed by atoms with E-state index in [1.54, 1.807) is 11.8 Å². The first-order valence-corrected chi connectivity index (χ1v) is 10.5. The molecule has 0 saturated carbocycles. The maximum absolute atomic E-state index is 5.94. The number of halogens is 2. The van der Waals surface area contributed by atoms with Crippen LogP contribution < -0.4 is 5.32 Å². The van der Waals surface area contributed by atoms with E-state index in [0.29, 0.717) is 6.61 Å². The monoisotopic (exact) mass is 535 g/mol. The van der Waals surface area contributed by atoms with Crippen molar-refractivity contribution in [3.8, 4) is 0 Å². The second-order valence-corrected chi connectivity index (χ2v) is 7.90. The highest BCUT2D eigenvalue weighted by molar-refractivity contribution is 14.0. The molecule has 3 rings (SSSR count). The molecule has 2 heterocycles. The van der Waals surface area contributed by atoms with Gasteiger partial charge in [-0.2, -0.15) is 5.10 Å². The Morgan fingerprint density at radius 2 is 2.18 bits per heavy atom. The number of rotatable bonds is 6. The third kappa shape index (κ3) is 6.82. The van der Waals surface area contributed by atoms with Gasteiger partial charge in [0, 0.05) is 47.6 Å². The average Bonchev–Trinajstić information content (AvgIpc) is 3.12. The van der Waals surface area contributed by atoms with E-state index in [1.807, 2.05) is 48.4 Å². The molecule has 1 aliphatic rings. The van der Waals surface area contributed by atoms with Crippen LogP contribution in [0.25, 0.3) is 0 Å². The van der Waals surface area contributed by atoms with Crippen LogP contribution in [-0.4, -0.2) is 59.2 Å². The summed E-state index contributed by atoms with van der Waals surface area (Å²) < 4.78 is 7.75. The predicted octanol–water partition coefficient (Wildman–Crippen LogP) is 3.82. The van der Waals surface area contributed by atoms with Gasteiger partial charge in [-0.1, -0.05) is 11.6 Å².